The van der Waals surface area contributed by atoms with Crippen LogP contribution in [0, 0.1) is 6.92 Å². The van der Waals surface area contributed by atoms with Gasteiger partial charge in [0.15, 0.2) is 0 Å². The Morgan fingerprint density at radius 1 is 0.971 bits per heavy atom. The number of hydrogen-bond acceptors (Lipinski definition) is 4. The summed E-state index contributed by atoms with van der Waals surface area (Å²) in [5, 5.41) is 0. The van der Waals surface area contributed by atoms with E-state index >= 15 is 0 Å². The fourth-order valence-electron chi connectivity index (χ4n) is 5.93. The number of likely N-dealkylation sites (tertiary alicyclic amines) is 1. The molecule has 2 aliphatic rings. The van der Waals surface area contributed by atoms with Gasteiger partial charge in [0.05, 0.1) is 7.11 Å². The van der Waals surface area contributed by atoms with Gasteiger partial charge in [-0.15, -0.1) is 0 Å². The number of esters is 1. The van der Waals surface area contributed by atoms with Crippen molar-refractivity contribution < 1.29 is 14.3 Å². The smallest absolute Gasteiger partial charge is 0.322 e. The lowest BCUT2D eigenvalue weighted by atomic mass is 9.68. The summed E-state index contributed by atoms with van der Waals surface area (Å²) in [6.45, 7) is 3.12. The normalized spacial score (nSPS) is 21.9. The molecule has 1 heterocycles. The number of rotatable bonds is 6. The van der Waals surface area contributed by atoms with E-state index in [0.717, 1.165) is 54.0 Å². The molecule has 0 amide bonds. The van der Waals surface area contributed by atoms with Crippen LogP contribution in [-0.2, 0) is 14.9 Å². The second-order valence-corrected chi connectivity index (χ2v) is 9.82. The molecule has 0 radical (unpaired) electrons. The van der Waals surface area contributed by atoms with Crippen molar-refractivity contribution in [1.82, 2.24) is 4.90 Å². The van der Waals surface area contributed by atoms with Gasteiger partial charge in [-0.1, -0.05) is 72.8 Å². The van der Waals surface area contributed by atoms with Crippen LogP contribution in [0.25, 0.3) is 0 Å². The molecule has 2 atom stereocenters. The molecule has 1 fully saturated rings. The van der Waals surface area contributed by atoms with Gasteiger partial charge >= 0.3 is 5.97 Å². The van der Waals surface area contributed by atoms with E-state index in [2.05, 4.69) is 43.1 Å². The van der Waals surface area contributed by atoms with Crippen LogP contribution in [0.5, 0.6) is 5.75 Å². The number of likely N-dealkylation sites (N-methyl/N-ethyl adjacent to an activating group) is 1. The maximum Gasteiger partial charge on any atom is 0.322 e. The molecule has 1 aliphatic carbocycles. The summed E-state index contributed by atoms with van der Waals surface area (Å²) < 4.78 is 11.6. The molecule has 3 aromatic rings. The van der Waals surface area contributed by atoms with Gasteiger partial charge in [0.2, 0.25) is 0 Å². The monoisotopic (exact) mass is 467 g/mol. The fraction of sp³-hybridized carbons (Fsp3) is 0.323. The average Bonchev–Trinajstić information content (AvgIpc) is 3.22. The molecule has 0 N–H and O–H groups in total. The Balaban J connectivity index is 1.43. The summed E-state index contributed by atoms with van der Waals surface area (Å²) in [4.78, 5) is 15.9. The molecule has 35 heavy (non-hydrogen) atoms. The Labute approximate surface area is 208 Å². The first-order valence-corrected chi connectivity index (χ1v) is 12.4. The molecule has 4 nitrogen and oxygen atoms in total. The van der Waals surface area contributed by atoms with Crippen LogP contribution in [0.2, 0.25) is 0 Å². The first kappa shape index (κ1) is 23.4. The predicted octanol–water partition coefficient (Wildman–Crippen LogP) is 6.00. The maximum atomic E-state index is 13.6. The number of carbonyl (C=O) groups is 1. The van der Waals surface area contributed by atoms with E-state index in [0.29, 0.717) is 0 Å². The Bertz CT molecular complexity index is 1180. The van der Waals surface area contributed by atoms with Gasteiger partial charge in [-0.2, -0.15) is 0 Å². The van der Waals surface area contributed by atoms with Gasteiger partial charge in [-0.05, 0) is 67.8 Å². The molecule has 3 aromatic carbocycles. The third-order valence-corrected chi connectivity index (χ3v) is 7.82. The van der Waals surface area contributed by atoms with Crippen LogP contribution < -0.4 is 4.74 Å². The van der Waals surface area contributed by atoms with Crippen LogP contribution >= 0.6 is 0 Å². The first-order valence-electron chi connectivity index (χ1n) is 12.4. The molecular weight excluding hydrogens is 434 g/mol. The predicted molar refractivity (Wildman–Crippen MR) is 139 cm³/mol. The SMILES string of the molecule is COc1ccc(C23CCC(OC(=O)C(c4ccccc4)c4ccccc4)=CC2N(C)CC3)cc1C. The van der Waals surface area contributed by atoms with Crippen molar-refractivity contribution in [3.8, 4) is 5.75 Å². The Morgan fingerprint density at radius 2 is 1.63 bits per heavy atom. The summed E-state index contributed by atoms with van der Waals surface area (Å²) in [6, 6.07) is 26.6. The second kappa shape index (κ2) is 9.71. The zero-order valence-electron chi connectivity index (χ0n) is 20.7. The highest BCUT2D eigenvalue weighted by Gasteiger charge is 2.48. The second-order valence-electron chi connectivity index (χ2n) is 9.82. The third kappa shape index (κ3) is 4.39. The zero-order valence-corrected chi connectivity index (χ0v) is 20.7. The van der Waals surface area contributed by atoms with Crippen molar-refractivity contribution in [3.63, 3.8) is 0 Å². The van der Waals surface area contributed by atoms with Gasteiger partial charge in [0.25, 0.3) is 0 Å². The van der Waals surface area contributed by atoms with Crippen LogP contribution in [0.4, 0.5) is 0 Å². The molecular formula is C31H33NO3. The van der Waals surface area contributed by atoms with Crippen molar-refractivity contribution in [3.05, 3.63) is 113 Å². The van der Waals surface area contributed by atoms with Crippen LogP contribution in [-0.4, -0.2) is 37.6 Å². The van der Waals surface area contributed by atoms with E-state index in [9.17, 15) is 4.79 Å². The van der Waals surface area contributed by atoms with Crippen molar-refractivity contribution in [2.24, 2.45) is 0 Å². The highest BCUT2D eigenvalue weighted by Crippen LogP contribution is 2.48. The van der Waals surface area contributed by atoms with Crippen LogP contribution in [0.1, 0.15) is 47.4 Å². The number of methoxy groups -OCH3 is 1. The third-order valence-electron chi connectivity index (χ3n) is 7.82. The van der Waals surface area contributed by atoms with Gasteiger partial charge in [-0.25, -0.2) is 0 Å². The highest BCUT2D eigenvalue weighted by molar-refractivity contribution is 5.83. The summed E-state index contributed by atoms with van der Waals surface area (Å²) in [5.41, 5.74) is 4.42. The lowest BCUT2D eigenvalue weighted by molar-refractivity contribution is -0.140. The van der Waals surface area contributed by atoms with Crippen LogP contribution in [0.15, 0.2) is 90.7 Å². The van der Waals surface area contributed by atoms with Crippen molar-refractivity contribution in [2.75, 3.05) is 20.7 Å². The average molecular weight is 468 g/mol. The Hall–Kier alpha value is -3.37. The number of allylic oxidation sites excluding steroid dienone is 1. The number of aryl methyl sites for hydroxylation is 1. The van der Waals surface area contributed by atoms with Crippen molar-refractivity contribution in [1.29, 1.82) is 0 Å². The number of nitrogens with zero attached hydrogens (tertiary/aromatic N) is 1. The van der Waals surface area contributed by atoms with Gasteiger partial charge in [-0.3, -0.25) is 9.69 Å². The highest BCUT2D eigenvalue weighted by atomic mass is 16.5. The van der Waals surface area contributed by atoms with E-state index in [4.69, 9.17) is 9.47 Å². The fourth-order valence-corrected chi connectivity index (χ4v) is 5.93. The van der Waals surface area contributed by atoms with E-state index < -0.39 is 5.92 Å². The summed E-state index contributed by atoms with van der Waals surface area (Å²) in [7, 11) is 3.88. The van der Waals surface area contributed by atoms with E-state index in [1.54, 1.807) is 7.11 Å². The molecule has 5 rings (SSSR count). The largest absolute Gasteiger partial charge is 0.496 e. The maximum absolute atomic E-state index is 13.6. The van der Waals surface area contributed by atoms with Crippen molar-refractivity contribution in [2.45, 2.75) is 43.6 Å². The first-order chi connectivity index (χ1) is 17.0. The molecule has 4 heteroatoms. The summed E-state index contributed by atoms with van der Waals surface area (Å²) in [5.74, 6) is 1.03. The zero-order chi connectivity index (χ0) is 24.4. The van der Waals surface area contributed by atoms with Crippen LogP contribution in [0.3, 0.4) is 0 Å². The van der Waals surface area contributed by atoms with E-state index in [-0.39, 0.29) is 17.4 Å². The van der Waals surface area contributed by atoms with Crippen molar-refractivity contribution >= 4 is 5.97 Å². The minimum absolute atomic E-state index is 0.0277. The van der Waals surface area contributed by atoms with Gasteiger partial charge in [0.1, 0.15) is 17.4 Å². The molecule has 0 saturated carbocycles. The molecule has 0 spiro atoms. The molecule has 0 aromatic heterocycles. The Kier molecular flexibility index (Phi) is 6.48. The number of hydrogen-bond donors (Lipinski definition) is 0. The standard InChI is InChI=1S/C31H33NO3/c1-22-20-25(14-15-27(22)34-3)31-17-16-26(21-28(31)32(2)19-18-31)35-30(33)29(23-10-6-4-7-11-23)24-12-8-5-9-13-24/h4-15,20-21,28-29H,16-19H2,1-3H3. The Morgan fingerprint density at radius 3 is 2.23 bits per heavy atom. The van der Waals surface area contributed by atoms with Gasteiger partial charge < -0.3 is 9.47 Å². The minimum Gasteiger partial charge on any atom is -0.496 e. The molecule has 1 saturated heterocycles. The number of carbonyl (C=O) groups excluding carboxylic acids is 1. The lowest BCUT2D eigenvalue weighted by Gasteiger charge is -2.40. The number of fused-ring (bicyclic) bond motifs is 1. The molecule has 180 valence electrons. The lowest BCUT2D eigenvalue weighted by Crippen LogP contribution is -2.42. The summed E-state index contributed by atoms with van der Waals surface area (Å²) in [6.07, 6.45) is 4.99. The summed E-state index contributed by atoms with van der Waals surface area (Å²) >= 11 is 0. The minimum atomic E-state index is -0.449. The van der Waals surface area contributed by atoms with E-state index in [1.165, 1.54) is 5.56 Å². The molecule has 1 aliphatic heterocycles. The number of ether oxygens (including phenoxy) is 2. The molecule has 2 unspecified atom stereocenters. The van der Waals surface area contributed by atoms with E-state index in [1.807, 2.05) is 60.7 Å². The quantitative estimate of drug-likeness (QED) is 0.417. The molecule has 0 bridgehead atoms. The topological polar surface area (TPSA) is 38.8 Å². The van der Waals surface area contributed by atoms with Gasteiger partial charge in [0, 0.05) is 17.9 Å². The number of benzene rings is 3.